The lowest BCUT2D eigenvalue weighted by Crippen LogP contribution is -2.01. The van der Waals surface area contributed by atoms with Crippen molar-refractivity contribution < 1.29 is 4.42 Å². The van der Waals surface area contributed by atoms with Gasteiger partial charge in [-0.2, -0.15) is 0 Å². The number of nitrogen functional groups attached to an aromatic ring is 1. The molecule has 0 amide bonds. The summed E-state index contributed by atoms with van der Waals surface area (Å²) in [6.07, 6.45) is 4.95. The molecule has 0 bridgehead atoms. The lowest BCUT2D eigenvalue weighted by Gasteiger charge is -2.06. The van der Waals surface area contributed by atoms with Crippen LogP contribution in [0, 0.1) is 0 Å². The maximum Gasteiger partial charge on any atom is 0.140 e. The fourth-order valence-electron chi connectivity index (χ4n) is 1.16. The Balaban J connectivity index is 2.05. The lowest BCUT2D eigenvalue weighted by atomic mass is 10.3. The molecule has 0 saturated heterocycles. The van der Waals surface area contributed by atoms with Gasteiger partial charge in [0.25, 0.3) is 0 Å². The molecule has 2 aromatic heterocycles. The summed E-state index contributed by atoms with van der Waals surface area (Å²) in [4.78, 5) is 4.16. The van der Waals surface area contributed by atoms with Crippen LogP contribution in [-0.4, -0.2) is 4.98 Å². The van der Waals surface area contributed by atoms with Gasteiger partial charge in [0, 0.05) is 12.1 Å². The molecule has 0 aliphatic rings. The number of halogens is 1. The van der Waals surface area contributed by atoms with Gasteiger partial charge >= 0.3 is 0 Å². The molecule has 0 aliphatic heterocycles. The summed E-state index contributed by atoms with van der Waals surface area (Å²) in [5.41, 5.74) is 7.29. The molecular weight excluding hydrogens is 258 g/mol. The second-order valence-electron chi connectivity index (χ2n) is 3.08. The zero-order valence-corrected chi connectivity index (χ0v) is 9.49. The highest BCUT2D eigenvalue weighted by atomic mass is 79.9. The molecule has 0 radical (unpaired) electrons. The molecule has 5 heteroatoms. The van der Waals surface area contributed by atoms with Crippen LogP contribution in [0.2, 0.25) is 0 Å². The van der Waals surface area contributed by atoms with Gasteiger partial charge in [-0.25, -0.2) is 4.98 Å². The Morgan fingerprint density at radius 1 is 1.53 bits per heavy atom. The third-order valence-electron chi connectivity index (χ3n) is 1.90. The molecule has 0 saturated carbocycles. The van der Waals surface area contributed by atoms with Crippen molar-refractivity contribution in [1.29, 1.82) is 0 Å². The highest BCUT2D eigenvalue weighted by molar-refractivity contribution is 9.10. The van der Waals surface area contributed by atoms with E-state index in [2.05, 4.69) is 26.2 Å². The number of hydrogen-bond acceptors (Lipinski definition) is 4. The standard InChI is InChI=1S/C10H10BrN3O/c11-9-3-8(12)5-14-10(9)13-4-7-1-2-15-6-7/h1-3,5-6H,4,12H2,(H,13,14). The number of pyridine rings is 1. The average molecular weight is 268 g/mol. The van der Waals surface area contributed by atoms with Crippen molar-refractivity contribution in [2.24, 2.45) is 0 Å². The number of nitrogens with zero attached hydrogens (tertiary/aromatic N) is 1. The fraction of sp³-hybridized carbons (Fsp3) is 0.100. The first-order valence-electron chi connectivity index (χ1n) is 4.41. The van der Waals surface area contributed by atoms with Crippen molar-refractivity contribution in [1.82, 2.24) is 4.98 Å². The molecule has 0 aliphatic carbocycles. The summed E-state index contributed by atoms with van der Waals surface area (Å²) in [5.74, 6) is 0.769. The Morgan fingerprint density at radius 3 is 3.07 bits per heavy atom. The SMILES string of the molecule is Nc1cnc(NCc2ccoc2)c(Br)c1. The van der Waals surface area contributed by atoms with Gasteiger partial charge < -0.3 is 15.5 Å². The maximum absolute atomic E-state index is 5.58. The second-order valence-corrected chi connectivity index (χ2v) is 3.94. The van der Waals surface area contributed by atoms with Crippen molar-refractivity contribution in [2.75, 3.05) is 11.1 Å². The fourth-order valence-corrected chi connectivity index (χ4v) is 1.67. The van der Waals surface area contributed by atoms with Gasteiger partial charge in [0.05, 0.1) is 28.9 Å². The molecule has 15 heavy (non-hydrogen) atoms. The van der Waals surface area contributed by atoms with Gasteiger partial charge in [-0.05, 0) is 28.1 Å². The molecule has 0 fully saturated rings. The van der Waals surface area contributed by atoms with Crippen molar-refractivity contribution in [3.05, 3.63) is 40.9 Å². The summed E-state index contributed by atoms with van der Waals surface area (Å²) >= 11 is 3.38. The van der Waals surface area contributed by atoms with Gasteiger partial charge in [-0.3, -0.25) is 0 Å². The van der Waals surface area contributed by atoms with Crippen LogP contribution < -0.4 is 11.1 Å². The van der Waals surface area contributed by atoms with E-state index >= 15 is 0 Å². The van der Waals surface area contributed by atoms with Gasteiger partial charge in [-0.1, -0.05) is 0 Å². The molecule has 0 spiro atoms. The lowest BCUT2D eigenvalue weighted by molar-refractivity contribution is 0.564. The topological polar surface area (TPSA) is 64.1 Å². The molecule has 3 N–H and O–H groups in total. The number of nitrogens with two attached hydrogens (primary N) is 1. The number of furan rings is 1. The maximum atomic E-state index is 5.58. The minimum absolute atomic E-state index is 0.635. The first kappa shape index (κ1) is 10.0. The van der Waals surface area contributed by atoms with E-state index in [-0.39, 0.29) is 0 Å². The minimum Gasteiger partial charge on any atom is -0.472 e. The molecule has 4 nitrogen and oxygen atoms in total. The molecule has 0 atom stereocenters. The van der Waals surface area contributed by atoms with Gasteiger partial charge in [0.15, 0.2) is 0 Å². The Bertz CT molecular complexity index is 442. The highest BCUT2D eigenvalue weighted by Crippen LogP contribution is 2.22. The second kappa shape index (κ2) is 4.35. The monoisotopic (exact) mass is 267 g/mol. The average Bonchev–Trinajstić information content (AvgIpc) is 2.69. The van der Waals surface area contributed by atoms with E-state index in [1.165, 1.54) is 0 Å². The van der Waals surface area contributed by atoms with E-state index in [1.54, 1.807) is 18.7 Å². The first-order chi connectivity index (χ1) is 7.25. The van der Waals surface area contributed by atoms with Crippen LogP contribution in [-0.2, 0) is 6.54 Å². The Morgan fingerprint density at radius 2 is 2.40 bits per heavy atom. The summed E-state index contributed by atoms with van der Waals surface area (Å²) in [5, 5.41) is 3.17. The van der Waals surface area contributed by atoms with E-state index in [0.717, 1.165) is 15.9 Å². The van der Waals surface area contributed by atoms with E-state index in [1.807, 2.05) is 12.1 Å². The summed E-state index contributed by atoms with van der Waals surface area (Å²) in [7, 11) is 0. The third kappa shape index (κ3) is 2.50. The van der Waals surface area contributed by atoms with E-state index in [0.29, 0.717) is 12.2 Å². The van der Waals surface area contributed by atoms with E-state index in [4.69, 9.17) is 10.2 Å². The van der Waals surface area contributed by atoms with Crippen molar-refractivity contribution in [3.8, 4) is 0 Å². The van der Waals surface area contributed by atoms with Crippen LogP contribution in [0.25, 0.3) is 0 Å². The van der Waals surface area contributed by atoms with Crippen LogP contribution in [0.15, 0.2) is 39.7 Å². The highest BCUT2D eigenvalue weighted by Gasteiger charge is 2.01. The molecular formula is C10H10BrN3O. The number of nitrogens with one attached hydrogen (secondary N) is 1. The zero-order chi connectivity index (χ0) is 10.7. The predicted molar refractivity (Wildman–Crippen MR) is 62.4 cm³/mol. The summed E-state index contributed by atoms with van der Waals surface area (Å²) < 4.78 is 5.81. The number of anilines is 2. The molecule has 0 aromatic carbocycles. The van der Waals surface area contributed by atoms with Gasteiger partial charge in [0.2, 0.25) is 0 Å². The van der Waals surface area contributed by atoms with E-state index < -0.39 is 0 Å². The summed E-state index contributed by atoms with van der Waals surface area (Å²) in [6, 6.07) is 3.71. The number of rotatable bonds is 3. The molecule has 2 aromatic rings. The van der Waals surface area contributed by atoms with Crippen molar-refractivity contribution in [2.45, 2.75) is 6.54 Å². The van der Waals surface area contributed by atoms with E-state index in [9.17, 15) is 0 Å². The largest absolute Gasteiger partial charge is 0.472 e. The number of aromatic nitrogens is 1. The predicted octanol–water partition coefficient (Wildman–Crippen LogP) is 2.63. The van der Waals surface area contributed by atoms with Crippen LogP contribution in [0.1, 0.15) is 5.56 Å². The zero-order valence-electron chi connectivity index (χ0n) is 7.90. The van der Waals surface area contributed by atoms with Crippen molar-refractivity contribution in [3.63, 3.8) is 0 Å². The van der Waals surface area contributed by atoms with Crippen LogP contribution >= 0.6 is 15.9 Å². The van der Waals surface area contributed by atoms with Crippen LogP contribution in [0.3, 0.4) is 0 Å². The normalized spacial score (nSPS) is 10.2. The summed E-state index contributed by atoms with van der Waals surface area (Å²) in [6.45, 7) is 0.673. The minimum atomic E-state index is 0.635. The van der Waals surface area contributed by atoms with Crippen molar-refractivity contribution >= 4 is 27.4 Å². The molecule has 2 heterocycles. The molecule has 0 unspecified atom stereocenters. The van der Waals surface area contributed by atoms with Gasteiger partial charge in [0.1, 0.15) is 5.82 Å². The first-order valence-corrected chi connectivity index (χ1v) is 5.21. The van der Waals surface area contributed by atoms with Crippen LogP contribution in [0.4, 0.5) is 11.5 Å². The Hall–Kier alpha value is -1.49. The Kier molecular flexibility index (Phi) is 2.91. The van der Waals surface area contributed by atoms with Crippen LogP contribution in [0.5, 0.6) is 0 Å². The smallest absolute Gasteiger partial charge is 0.140 e. The Labute approximate surface area is 95.6 Å². The number of hydrogen-bond donors (Lipinski definition) is 2. The third-order valence-corrected chi connectivity index (χ3v) is 2.51. The quantitative estimate of drug-likeness (QED) is 0.898. The van der Waals surface area contributed by atoms with Gasteiger partial charge in [-0.15, -0.1) is 0 Å². The molecule has 78 valence electrons. The molecule has 2 rings (SSSR count).